The van der Waals surface area contributed by atoms with E-state index in [1.165, 1.54) is 57.8 Å². The van der Waals surface area contributed by atoms with Crippen molar-refractivity contribution in [1.29, 1.82) is 0 Å². The summed E-state index contributed by atoms with van der Waals surface area (Å²) >= 11 is 0. The summed E-state index contributed by atoms with van der Waals surface area (Å²) in [6.07, 6.45) is 18.8. The first-order chi connectivity index (χ1) is 11.8. The van der Waals surface area contributed by atoms with Gasteiger partial charge in [0.05, 0.1) is 6.61 Å². The quantitative estimate of drug-likeness (QED) is 0.196. The average Bonchev–Trinajstić information content (AvgIpc) is 3.40. The fraction of sp³-hybridized carbons (Fsp3) is 0.864. The third-order valence-corrected chi connectivity index (χ3v) is 4.68. The maximum Gasteiger partial charge on any atom is 0.305 e. The molecule has 0 spiro atoms. The van der Waals surface area contributed by atoms with Gasteiger partial charge < -0.3 is 4.74 Å². The molecule has 0 amide bonds. The lowest BCUT2D eigenvalue weighted by molar-refractivity contribution is -0.143. The van der Waals surface area contributed by atoms with E-state index in [4.69, 9.17) is 4.74 Å². The lowest BCUT2D eigenvalue weighted by Gasteiger charge is -2.05. The number of esters is 1. The molecule has 0 aromatic rings. The van der Waals surface area contributed by atoms with Crippen LogP contribution in [0, 0.1) is 17.8 Å². The van der Waals surface area contributed by atoms with Gasteiger partial charge in [0.25, 0.3) is 0 Å². The van der Waals surface area contributed by atoms with Crippen LogP contribution >= 0.6 is 0 Å². The van der Waals surface area contributed by atoms with E-state index in [9.17, 15) is 4.79 Å². The first-order valence-electron chi connectivity index (χ1n) is 10.4. The van der Waals surface area contributed by atoms with Crippen LogP contribution in [0.25, 0.3) is 0 Å². The van der Waals surface area contributed by atoms with Crippen LogP contribution in [0.1, 0.15) is 110 Å². The molecule has 0 aliphatic heterocycles. The molecule has 138 valence electrons. The molecule has 0 saturated heterocycles. The van der Waals surface area contributed by atoms with Crippen LogP contribution in [0.5, 0.6) is 0 Å². The standard InChI is InChI=1S/C22H38O2/c1-2-3-4-5-6-7-8-11-14-17-22(23)24-20-15-12-9-10-13-16-21-18-19-21/h21H,2-4,7-20H2,1H3. The second kappa shape index (κ2) is 15.6. The minimum Gasteiger partial charge on any atom is -0.466 e. The van der Waals surface area contributed by atoms with Gasteiger partial charge in [-0.25, -0.2) is 0 Å². The molecule has 0 N–H and O–H groups in total. The molecule has 1 saturated carbocycles. The SMILES string of the molecule is CCCCC#CCCCCCC(=O)OCCCCCCCC1CC1. The number of carbonyl (C=O) groups is 1. The molecular weight excluding hydrogens is 296 g/mol. The number of hydrogen-bond acceptors (Lipinski definition) is 2. The Hall–Kier alpha value is -0.970. The molecule has 0 radical (unpaired) electrons. The lowest BCUT2D eigenvalue weighted by Crippen LogP contribution is -2.05. The Morgan fingerprint density at radius 2 is 1.54 bits per heavy atom. The van der Waals surface area contributed by atoms with Crippen LogP contribution in [0.4, 0.5) is 0 Å². The fourth-order valence-electron chi connectivity index (χ4n) is 2.83. The first kappa shape index (κ1) is 21.1. The van der Waals surface area contributed by atoms with Gasteiger partial charge in [0.2, 0.25) is 0 Å². The maximum absolute atomic E-state index is 11.6. The third kappa shape index (κ3) is 14.6. The molecule has 1 rings (SSSR count). The van der Waals surface area contributed by atoms with Crippen LogP contribution in [-0.4, -0.2) is 12.6 Å². The normalized spacial score (nSPS) is 13.4. The van der Waals surface area contributed by atoms with Gasteiger partial charge in [-0.2, -0.15) is 0 Å². The number of carbonyl (C=O) groups excluding carboxylic acids is 1. The molecule has 0 heterocycles. The Labute approximate surface area is 150 Å². The van der Waals surface area contributed by atoms with Crippen LogP contribution in [0.2, 0.25) is 0 Å². The lowest BCUT2D eigenvalue weighted by atomic mass is 10.1. The molecule has 24 heavy (non-hydrogen) atoms. The minimum atomic E-state index is -0.0160. The van der Waals surface area contributed by atoms with E-state index in [1.54, 1.807) is 0 Å². The molecular formula is C22H38O2. The van der Waals surface area contributed by atoms with Crippen molar-refractivity contribution >= 4 is 5.97 Å². The summed E-state index contributed by atoms with van der Waals surface area (Å²) in [7, 11) is 0. The van der Waals surface area contributed by atoms with Crippen molar-refractivity contribution in [3.8, 4) is 11.8 Å². The van der Waals surface area contributed by atoms with E-state index in [0.717, 1.165) is 44.4 Å². The summed E-state index contributed by atoms with van der Waals surface area (Å²) in [5.74, 6) is 7.47. The Kier molecular flexibility index (Phi) is 13.7. The van der Waals surface area contributed by atoms with Crippen molar-refractivity contribution in [2.75, 3.05) is 6.61 Å². The van der Waals surface area contributed by atoms with E-state index in [0.29, 0.717) is 13.0 Å². The molecule has 2 heteroatoms. The van der Waals surface area contributed by atoms with Gasteiger partial charge in [0, 0.05) is 19.3 Å². The van der Waals surface area contributed by atoms with Crippen molar-refractivity contribution in [3.05, 3.63) is 0 Å². The van der Waals surface area contributed by atoms with Crippen LogP contribution < -0.4 is 0 Å². The van der Waals surface area contributed by atoms with E-state index < -0.39 is 0 Å². The highest BCUT2D eigenvalue weighted by Crippen LogP contribution is 2.34. The first-order valence-corrected chi connectivity index (χ1v) is 10.4. The van der Waals surface area contributed by atoms with Crippen LogP contribution in [-0.2, 0) is 9.53 Å². The predicted octanol–water partition coefficient (Wildman–Crippen LogP) is 6.42. The zero-order valence-electron chi connectivity index (χ0n) is 15.9. The molecule has 0 bridgehead atoms. The van der Waals surface area contributed by atoms with Gasteiger partial charge in [-0.05, 0) is 31.6 Å². The zero-order chi connectivity index (χ0) is 17.3. The molecule has 1 aliphatic rings. The van der Waals surface area contributed by atoms with Crippen LogP contribution in [0.3, 0.4) is 0 Å². The second-order valence-electron chi connectivity index (χ2n) is 7.24. The maximum atomic E-state index is 11.6. The highest BCUT2D eigenvalue weighted by Gasteiger charge is 2.19. The third-order valence-electron chi connectivity index (χ3n) is 4.68. The molecule has 0 aromatic heterocycles. The van der Waals surface area contributed by atoms with Crippen molar-refractivity contribution in [3.63, 3.8) is 0 Å². The summed E-state index contributed by atoms with van der Waals surface area (Å²) in [5.41, 5.74) is 0. The summed E-state index contributed by atoms with van der Waals surface area (Å²) in [6.45, 7) is 2.81. The number of unbranched alkanes of at least 4 members (excludes halogenated alkanes) is 9. The Morgan fingerprint density at radius 3 is 2.29 bits per heavy atom. The van der Waals surface area contributed by atoms with Crippen molar-refractivity contribution in [2.24, 2.45) is 5.92 Å². The van der Waals surface area contributed by atoms with Gasteiger partial charge >= 0.3 is 5.97 Å². The van der Waals surface area contributed by atoms with Crippen LogP contribution in [0.15, 0.2) is 0 Å². The van der Waals surface area contributed by atoms with Gasteiger partial charge in [-0.3, -0.25) is 4.79 Å². The summed E-state index contributed by atoms with van der Waals surface area (Å²) in [5, 5.41) is 0. The summed E-state index contributed by atoms with van der Waals surface area (Å²) in [6, 6.07) is 0. The highest BCUT2D eigenvalue weighted by atomic mass is 16.5. The summed E-state index contributed by atoms with van der Waals surface area (Å²) in [4.78, 5) is 11.6. The van der Waals surface area contributed by atoms with E-state index in [2.05, 4.69) is 18.8 Å². The molecule has 0 unspecified atom stereocenters. The minimum absolute atomic E-state index is 0.0160. The van der Waals surface area contributed by atoms with E-state index in [1.807, 2.05) is 0 Å². The van der Waals surface area contributed by atoms with Gasteiger partial charge in [-0.15, -0.1) is 11.8 Å². The zero-order valence-corrected chi connectivity index (χ0v) is 15.9. The number of rotatable bonds is 15. The van der Waals surface area contributed by atoms with Crippen molar-refractivity contribution < 1.29 is 9.53 Å². The number of ether oxygens (including phenoxy) is 1. The Morgan fingerprint density at radius 1 is 0.875 bits per heavy atom. The predicted molar refractivity (Wildman–Crippen MR) is 102 cm³/mol. The molecule has 1 aliphatic carbocycles. The molecule has 1 fully saturated rings. The monoisotopic (exact) mass is 334 g/mol. The highest BCUT2D eigenvalue weighted by molar-refractivity contribution is 5.69. The van der Waals surface area contributed by atoms with E-state index >= 15 is 0 Å². The Bertz CT molecular complexity index is 360. The van der Waals surface area contributed by atoms with Gasteiger partial charge in [0.1, 0.15) is 0 Å². The second-order valence-corrected chi connectivity index (χ2v) is 7.24. The molecule has 0 atom stereocenters. The van der Waals surface area contributed by atoms with E-state index in [-0.39, 0.29) is 5.97 Å². The number of hydrogen-bond donors (Lipinski definition) is 0. The fourth-order valence-corrected chi connectivity index (χ4v) is 2.83. The Balaban J connectivity index is 1.75. The summed E-state index contributed by atoms with van der Waals surface area (Å²) < 4.78 is 5.30. The largest absolute Gasteiger partial charge is 0.466 e. The average molecular weight is 335 g/mol. The van der Waals surface area contributed by atoms with Gasteiger partial charge in [-0.1, -0.05) is 64.7 Å². The molecule has 2 nitrogen and oxygen atoms in total. The van der Waals surface area contributed by atoms with Gasteiger partial charge in [0.15, 0.2) is 0 Å². The topological polar surface area (TPSA) is 26.3 Å². The molecule has 0 aromatic carbocycles. The smallest absolute Gasteiger partial charge is 0.305 e. The van der Waals surface area contributed by atoms with Crippen molar-refractivity contribution in [2.45, 2.75) is 110 Å². The van der Waals surface area contributed by atoms with Crippen molar-refractivity contribution in [1.82, 2.24) is 0 Å².